The van der Waals surface area contributed by atoms with Crippen molar-refractivity contribution in [3.8, 4) is 0 Å². The molecule has 6 saturated carbocycles. The number of allylic oxidation sites excluding steroid dienone is 3. The molecule has 0 spiro atoms. The highest BCUT2D eigenvalue weighted by atomic mass is 14.6. The first-order chi connectivity index (χ1) is 30.0. The molecule has 0 N–H and O–H groups in total. The Kier molecular flexibility index (Phi) is 18.9. The lowest BCUT2D eigenvalue weighted by atomic mass is 9.59. The molecular formula is C63H110. The molecule has 0 heteroatoms. The second-order valence-electron chi connectivity index (χ2n) is 26.7. The molecule has 63 heavy (non-hydrogen) atoms. The van der Waals surface area contributed by atoms with Gasteiger partial charge in [-0.1, -0.05) is 170 Å². The molecule has 6 aliphatic carbocycles. The molecule has 11 atom stereocenters. The van der Waals surface area contributed by atoms with Crippen molar-refractivity contribution in [1.29, 1.82) is 0 Å². The normalized spacial score (nSPS) is 37.0. The molecule has 11 unspecified atom stereocenters. The third kappa shape index (κ3) is 13.7. The van der Waals surface area contributed by atoms with E-state index >= 15 is 0 Å². The van der Waals surface area contributed by atoms with Crippen LogP contribution in [0.25, 0.3) is 0 Å². The lowest BCUT2D eigenvalue weighted by molar-refractivity contribution is 0.0461. The third-order valence-corrected chi connectivity index (χ3v) is 22.4. The van der Waals surface area contributed by atoms with Crippen LogP contribution in [0.4, 0.5) is 0 Å². The molecule has 0 aromatic carbocycles. The standard InChI is InChI=1S/C63H110/c1-15-43(5)60(31-20-44(6)46(8)47(9)45(7)36-57-40-61(57)55-25-18-42(4)19-26-55)49(11)48(10)54-27-21-52(22-28-54)37-56-38-53(32-33-62(13,14)17-3)39-58(50(56)12)41-63(34-35-63)59-29-23-51(16-2)24-30-59/h42-43,46-48,50-61H,6-7,11,15-41H2,1-5,8-10,12-14H3. The maximum Gasteiger partial charge on any atom is -0.0171 e. The average molecular weight is 868 g/mol. The SMILES string of the molecule is C=C(CCC(C(=C)C(C)C1CCC(CC2CC(CCC(C)(C)CC)CC(CC3(C4CCC(CC)CC4)CC3)C2C)CC1)C(C)CC)C(C)C(C)C(=C)CC1CC1C1CCC(C)CC1. The van der Waals surface area contributed by atoms with Gasteiger partial charge in [-0.25, -0.2) is 0 Å². The summed E-state index contributed by atoms with van der Waals surface area (Å²) in [6.45, 7) is 42.1. The zero-order valence-electron chi connectivity index (χ0n) is 44.5. The summed E-state index contributed by atoms with van der Waals surface area (Å²) < 4.78 is 0. The van der Waals surface area contributed by atoms with Crippen molar-refractivity contribution < 1.29 is 0 Å². The van der Waals surface area contributed by atoms with Crippen LogP contribution in [0.3, 0.4) is 0 Å². The number of rotatable bonds is 24. The predicted molar refractivity (Wildman–Crippen MR) is 279 cm³/mol. The Morgan fingerprint density at radius 1 is 0.683 bits per heavy atom. The van der Waals surface area contributed by atoms with Crippen LogP contribution in [0.2, 0.25) is 0 Å². The summed E-state index contributed by atoms with van der Waals surface area (Å²) in [5.41, 5.74) is 5.80. The summed E-state index contributed by atoms with van der Waals surface area (Å²) in [5.74, 6) is 14.6. The average Bonchev–Trinajstić information content (AvgIpc) is 4.24. The maximum absolute atomic E-state index is 4.99. The summed E-state index contributed by atoms with van der Waals surface area (Å²) in [4.78, 5) is 0. The monoisotopic (exact) mass is 867 g/mol. The topological polar surface area (TPSA) is 0 Å². The van der Waals surface area contributed by atoms with Gasteiger partial charge in [0.25, 0.3) is 0 Å². The van der Waals surface area contributed by atoms with Gasteiger partial charge < -0.3 is 0 Å². The van der Waals surface area contributed by atoms with Gasteiger partial charge in [0.1, 0.15) is 0 Å². The Balaban J connectivity index is 0.981. The van der Waals surface area contributed by atoms with E-state index in [-0.39, 0.29) is 0 Å². The van der Waals surface area contributed by atoms with Gasteiger partial charge in [0.2, 0.25) is 0 Å². The summed E-state index contributed by atoms with van der Waals surface area (Å²) in [5, 5.41) is 0. The highest BCUT2D eigenvalue weighted by Crippen LogP contribution is 2.63. The van der Waals surface area contributed by atoms with Crippen LogP contribution in [0.5, 0.6) is 0 Å². The van der Waals surface area contributed by atoms with E-state index in [1.807, 2.05) is 0 Å². The van der Waals surface area contributed by atoms with E-state index in [9.17, 15) is 0 Å². The Morgan fingerprint density at radius 3 is 1.90 bits per heavy atom. The molecule has 6 aliphatic rings. The van der Waals surface area contributed by atoms with Crippen molar-refractivity contribution in [3.63, 3.8) is 0 Å². The van der Waals surface area contributed by atoms with Crippen LogP contribution in [0.15, 0.2) is 36.5 Å². The second kappa shape index (κ2) is 23.0. The summed E-state index contributed by atoms with van der Waals surface area (Å²) in [7, 11) is 0. The van der Waals surface area contributed by atoms with Crippen LogP contribution in [-0.2, 0) is 0 Å². The van der Waals surface area contributed by atoms with E-state index in [0.717, 1.165) is 82.9 Å². The molecule has 6 fully saturated rings. The molecule has 362 valence electrons. The van der Waals surface area contributed by atoms with Crippen molar-refractivity contribution in [2.24, 2.45) is 111 Å². The minimum atomic E-state index is 0.504. The quantitative estimate of drug-likeness (QED) is 0.0848. The first-order valence-electron chi connectivity index (χ1n) is 29.0. The molecule has 0 saturated heterocycles. The van der Waals surface area contributed by atoms with E-state index in [2.05, 4.69) is 76.2 Å². The van der Waals surface area contributed by atoms with Crippen LogP contribution in [0.1, 0.15) is 250 Å². The first-order valence-corrected chi connectivity index (χ1v) is 29.0. The van der Waals surface area contributed by atoms with E-state index in [1.54, 1.807) is 44.1 Å². The molecule has 0 heterocycles. The molecule has 0 aromatic rings. The van der Waals surface area contributed by atoms with Gasteiger partial charge in [0, 0.05) is 0 Å². The second-order valence-corrected chi connectivity index (χ2v) is 26.7. The molecule has 0 amide bonds. The van der Waals surface area contributed by atoms with Crippen LogP contribution in [-0.4, -0.2) is 0 Å². The van der Waals surface area contributed by atoms with Gasteiger partial charge in [0.15, 0.2) is 0 Å². The molecule has 0 radical (unpaired) electrons. The Hall–Kier alpha value is -0.780. The fraction of sp³-hybridized carbons (Fsp3) is 0.905. The van der Waals surface area contributed by atoms with Crippen molar-refractivity contribution in [2.45, 2.75) is 250 Å². The van der Waals surface area contributed by atoms with E-state index in [4.69, 9.17) is 19.7 Å². The van der Waals surface area contributed by atoms with Gasteiger partial charge in [-0.05, 0) is 227 Å². The molecule has 0 bridgehead atoms. The van der Waals surface area contributed by atoms with Crippen LogP contribution in [0, 0.1) is 111 Å². The predicted octanol–water partition coefficient (Wildman–Crippen LogP) is 19.9. The highest BCUT2D eigenvalue weighted by molar-refractivity contribution is 5.15. The highest BCUT2D eigenvalue weighted by Gasteiger charge is 2.52. The molecule has 0 aliphatic heterocycles. The summed E-state index contributed by atoms with van der Waals surface area (Å²) >= 11 is 0. The maximum atomic E-state index is 4.99. The molecule has 0 nitrogen and oxygen atoms in total. The zero-order valence-corrected chi connectivity index (χ0v) is 44.5. The zero-order chi connectivity index (χ0) is 45.6. The van der Waals surface area contributed by atoms with E-state index in [0.29, 0.717) is 35.0 Å². The van der Waals surface area contributed by atoms with E-state index in [1.165, 1.54) is 140 Å². The minimum absolute atomic E-state index is 0.504. The minimum Gasteiger partial charge on any atom is -0.0996 e. The molecule has 0 aromatic heterocycles. The molecule has 6 rings (SSSR count). The van der Waals surface area contributed by atoms with Gasteiger partial charge >= 0.3 is 0 Å². The van der Waals surface area contributed by atoms with Crippen molar-refractivity contribution in [3.05, 3.63) is 36.5 Å². The van der Waals surface area contributed by atoms with Gasteiger partial charge in [0.05, 0.1) is 0 Å². The number of hydrogen-bond donors (Lipinski definition) is 0. The van der Waals surface area contributed by atoms with Crippen LogP contribution >= 0.6 is 0 Å². The van der Waals surface area contributed by atoms with Gasteiger partial charge in [-0.15, -0.1) is 0 Å². The number of hydrogen-bond acceptors (Lipinski definition) is 0. The fourth-order valence-corrected chi connectivity index (χ4v) is 15.7. The van der Waals surface area contributed by atoms with E-state index < -0.39 is 0 Å². The van der Waals surface area contributed by atoms with Gasteiger partial charge in [-0.2, -0.15) is 0 Å². The summed E-state index contributed by atoms with van der Waals surface area (Å²) in [6, 6.07) is 0. The first kappa shape index (κ1) is 51.6. The lowest BCUT2D eigenvalue weighted by Gasteiger charge is -2.46. The molecular weight excluding hydrogens is 757 g/mol. The Morgan fingerprint density at radius 2 is 1.30 bits per heavy atom. The van der Waals surface area contributed by atoms with Crippen molar-refractivity contribution >= 4 is 0 Å². The van der Waals surface area contributed by atoms with Crippen LogP contribution < -0.4 is 0 Å². The fourth-order valence-electron chi connectivity index (χ4n) is 15.7. The van der Waals surface area contributed by atoms with Crippen molar-refractivity contribution in [2.75, 3.05) is 0 Å². The Labute approximate surface area is 395 Å². The smallest absolute Gasteiger partial charge is 0.0171 e. The largest absolute Gasteiger partial charge is 0.0996 e. The van der Waals surface area contributed by atoms with Crippen molar-refractivity contribution in [1.82, 2.24) is 0 Å². The lowest BCUT2D eigenvalue weighted by Crippen LogP contribution is -2.36. The third-order valence-electron chi connectivity index (χ3n) is 22.4. The Bertz CT molecular complexity index is 1410. The van der Waals surface area contributed by atoms with Gasteiger partial charge in [-0.3, -0.25) is 0 Å². The summed E-state index contributed by atoms with van der Waals surface area (Å²) in [6.07, 6.45) is 39.2.